The SMILES string of the molecule is COc1cccc(CNC(=O)Cn2c(=O)c3cnc(-c4ccc(Cl)cc4)nc3n(C)c2=O)c1. The number of aromatic nitrogens is 4. The van der Waals surface area contributed by atoms with E-state index in [1.807, 2.05) is 12.1 Å². The van der Waals surface area contributed by atoms with Crippen LogP contribution in [0.15, 0.2) is 64.3 Å². The van der Waals surface area contributed by atoms with Crippen LogP contribution in [0.25, 0.3) is 22.4 Å². The number of hydrogen-bond acceptors (Lipinski definition) is 6. The summed E-state index contributed by atoms with van der Waals surface area (Å²) in [4.78, 5) is 46.9. The number of nitrogens with zero attached hydrogens (tertiary/aromatic N) is 4. The van der Waals surface area contributed by atoms with Crippen LogP contribution in [0.1, 0.15) is 5.56 Å². The lowest BCUT2D eigenvalue weighted by atomic mass is 10.2. The minimum Gasteiger partial charge on any atom is -0.497 e. The number of rotatable bonds is 6. The normalized spacial score (nSPS) is 10.9. The summed E-state index contributed by atoms with van der Waals surface area (Å²) in [5, 5.41) is 3.42. The number of nitrogens with one attached hydrogen (secondary N) is 1. The van der Waals surface area contributed by atoms with Crippen molar-refractivity contribution in [3.8, 4) is 17.1 Å². The molecule has 0 fully saturated rings. The molecule has 0 spiro atoms. The van der Waals surface area contributed by atoms with Crippen LogP contribution in [0.4, 0.5) is 0 Å². The number of ether oxygens (including phenoxy) is 1. The van der Waals surface area contributed by atoms with E-state index in [1.165, 1.54) is 17.8 Å². The van der Waals surface area contributed by atoms with E-state index in [-0.39, 0.29) is 17.6 Å². The van der Waals surface area contributed by atoms with Gasteiger partial charge in [0.1, 0.15) is 17.7 Å². The van der Waals surface area contributed by atoms with Crippen molar-refractivity contribution in [2.45, 2.75) is 13.1 Å². The molecule has 2 aromatic heterocycles. The van der Waals surface area contributed by atoms with Crippen LogP contribution in [0, 0.1) is 0 Å². The quantitative estimate of drug-likeness (QED) is 0.467. The summed E-state index contributed by atoms with van der Waals surface area (Å²) in [6, 6.07) is 14.1. The van der Waals surface area contributed by atoms with Crippen LogP contribution in [0.2, 0.25) is 5.02 Å². The van der Waals surface area contributed by atoms with Crippen LogP contribution >= 0.6 is 11.6 Å². The van der Waals surface area contributed by atoms with Crippen LogP contribution in [0.3, 0.4) is 0 Å². The summed E-state index contributed by atoms with van der Waals surface area (Å²) in [5.41, 5.74) is 0.412. The van der Waals surface area contributed by atoms with Crippen molar-refractivity contribution in [3.63, 3.8) is 0 Å². The Kier molecular flexibility index (Phi) is 6.23. The summed E-state index contributed by atoms with van der Waals surface area (Å²) in [6.45, 7) is -0.198. The molecule has 2 heterocycles. The molecule has 2 aromatic carbocycles. The number of carbonyl (C=O) groups is 1. The van der Waals surface area contributed by atoms with Crippen LogP contribution in [-0.4, -0.2) is 32.1 Å². The highest BCUT2D eigenvalue weighted by molar-refractivity contribution is 6.30. The smallest absolute Gasteiger partial charge is 0.332 e. The number of amides is 1. The third-order valence-electron chi connectivity index (χ3n) is 5.11. The molecule has 0 bridgehead atoms. The zero-order chi connectivity index (χ0) is 23.5. The van der Waals surface area contributed by atoms with Crippen LogP contribution in [0.5, 0.6) is 5.75 Å². The molecule has 33 heavy (non-hydrogen) atoms. The van der Waals surface area contributed by atoms with E-state index in [1.54, 1.807) is 43.5 Å². The molecule has 1 N–H and O–H groups in total. The van der Waals surface area contributed by atoms with E-state index in [0.717, 1.165) is 10.1 Å². The van der Waals surface area contributed by atoms with Crippen molar-refractivity contribution in [3.05, 3.63) is 86.2 Å². The van der Waals surface area contributed by atoms with Gasteiger partial charge in [0.2, 0.25) is 5.91 Å². The van der Waals surface area contributed by atoms with Crippen molar-refractivity contribution in [1.82, 2.24) is 24.4 Å². The highest BCUT2D eigenvalue weighted by Gasteiger charge is 2.16. The van der Waals surface area contributed by atoms with Gasteiger partial charge in [0.25, 0.3) is 5.56 Å². The van der Waals surface area contributed by atoms with E-state index in [4.69, 9.17) is 16.3 Å². The molecule has 0 atom stereocenters. The molecule has 1 amide bonds. The fourth-order valence-electron chi connectivity index (χ4n) is 3.34. The van der Waals surface area contributed by atoms with Crippen molar-refractivity contribution < 1.29 is 9.53 Å². The highest BCUT2D eigenvalue weighted by Crippen LogP contribution is 2.19. The zero-order valence-electron chi connectivity index (χ0n) is 17.9. The predicted molar refractivity (Wildman–Crippen MR) is 124 cm³/mol. The minimum atomic E-state index is -0.648. The highest BCUT2D eigenvalue weighted by atomic mass is 35.5. The number of benzene rings is 2. The first-order valence-electron chi connectivity index (χ1n) is 9.99. The van der Waals surface area contributed by atoms with Gasteiger partial charge in [0, 0.05) is 30.4 Å². The van der Waals surface area contributed by atoms with Gasteiger partial charge >= 0.3 is 5.69 Å². The lowest BCUT2D eigenvalue weighted by Gasteiger charge is -2.11. The number of aryl methyl sites for hydroxylation is 1. The largest absolute Gasteiger partial charge is 0.497 e. The van der Waals surface area contributed by atoms with Crippen LogP contribution < -0.4 is 21.3 Å². The summed E-state index contributed by atoms with van der Waals surface area (Å²) in [5.74, 6) is 0.539. The van der Waals surface area contributed by atoms with Gasteiger partial charge in [0.15, 0.2) is 11.5 Å². The Morgan fingerprint density at radius 3 is 2.64 bits per heavy atom. The summed E-state index contributed by atoms with van der Waals surface area (Å²) >= 11 is 5.92. The molecule has 9 nitrogen and oxygen atoms in total. The van der Waals surface area contributed by atoms with E-state index in [9.17, 15) is 14.4 Å². The van der Waals surface area contributed by atoms with Gasteiger partial charge in [-0.15, -0.1) is 0 Å². The monoisotopic (exact) mass is 465 g/mol. The first-order valence-corrected chi connectivity index (χ1v) is 10.4. The first kappa shape index (κ1) is 22.2. The van der Waals surface area contributed by atoms with Crippen molar-refractivity contribution in [2.24, 2.45) is 7.05 Å². The molecule has 0 saturated heterocycles. The molecule has 0 saturated carbocycles. The Hall–Kier alpha value is -3.98. The molecule has 0 unspecified atom stereocenters. The second-order valence-electron chi connectivity index (χ2n) is 7.30. The fourth-order valence-corrected chi connectivity index (χ4v) is 3.47. The van der Waals surface area contributed by atoms with Gasteiger partial charge in [-0.25, -0.2) is 14.8 Å². The second kappa shape index (κ2) is 9.25. The Bertz CT molecular complexity index is 1460. The average molecular weight is 466 g/mol. The van der Waals surface area contributed by atoms with E-state index in [0.29, 0.717) is 22.2 Å². The molecule has 0 radical (unpaired) electrons. The maximum atomic E-state index is 12.9. The molecule has 168 valence electrons. The summed E-state index contributed by atoms with van der Waals surface area (Å²) in [6.07, 6.45) is 1.36. The third-order valence-corrected chi connectivity index (χ3v) is 5.36. The Balaban J connectivity index is 1.61. The maximum absolute atomic E-state index is 12.9. The van der Waals surface area contributed by atoms with Crippen molar-refractivity contribution >= 4 is 28.5 Å². The summed E-state index contributed by atoms with van der Waals surface area (Å²) in [7, 11) is 3.05. The second-order valence-corrected chi connectivity index (χ2v) is 7.74. The van der Waals surface area contributed by atoms with Gasteiger partial charge in [-0.3, -0.25) is 18.7 Å². The van der Waals surface area contributed by atoms with Crippen molar-refractivity contribution in [2.75, 3.05) is 7.11 Å². The Labute approximate surface area is 193 Å². The average Bonchev–Trinajstić information content (AvgIpc) is 2.84. The molecule has 0 aliphatic rings. The summed E-state index contributed by atoms with van der Waals surface area (Å²) < 4.78 is 7.26. The maximum Gasteiger partial charge on any atom is 0.332 e. The molecule has 4 rings (SSSR count). The van der Waals surface area contributed by atoms with Gasteiger partial charge in [-0.05, 0) is 42.0 Å². The van der Waals surface area contributed by atoms with Gasteiger partial charge in [-0.1, -0.05) is 23.7 Å². The topological polar surface area (TPSA) is 108 Å². The molecule has 0 aliphatic heterocycles. The predicted octanol–water partition coefficient (Wildman–Crippen LogP) is 2.14. The van der Waals surface area contributed by atoms with Crippen LogP contribution in [-0.2, 0) is 24.9 Å². The third kappa shape index (κ3) is 4.63. The molecule has 4 aromatic rings. The van der Waals surface area contributed by atoms with E-state index in [2.05, 4.69) is 15.3 Å². The van der Waals surface area contributed by atoms with Gasteiger partial charge < -0.3 is 10.1 Å². The number of hydrogen-bond donors (Lipinski definition) is 1. The van der Waals surface area contributed by atoms with E-state index < -0.39 is 23.7 Å². The lowest BCUT2D eigenvalue weighted by Crippen LogP contribution is -2.43. The van der Waals surface area contributed by atoms with Gasteiger partial charge in [0.05, 0.1) is 7.11 Å². The molecule has 0 aliphatic carbocycles. The van der Waals surface area contributed by atoms with Gasteiger partial charge in [-0.2, -0.15) is 0 Å². The van der Waals surface area contributed by atoms with Crippen molar-refractivity contribution in [1.29, 1.82) is 0 Å². The van der Waals surface area contributed by atoms with E-state index >= 15 is 0 Å². The minimum absolute atomic E-state index is 0.135. The zero-order valence-corrected chi connectivity index (χ0v) is 18.7. The number of carbonyl (C=O) groups excluding carboxylic acids is 1. The number of halogens is 1. The Morgan fingerprint density at radius 2 is 1.91 bits per heavy atom. The Morgan fingerprint density at radius 1 is 1.15 bits per heavy atom. The molecule has 10 heteroatoms. The molecular formula is C23H20ClN5O4. The lowest BCUT2D eigenvalue weighted by molar-refractivity contribution is -0.121. The fraction of sp³-hybridized carbons (Fsp3) is 0.174. The number of fused-ring (bicyclic) bond motifs is 1. The standard InChI is InChI=1S/C23H20ClN5O4/c1-28-21-18(12-26-20(27-21)15-6-8-16(24)9-7-15)22(31)29(23(28)32)13-19(30)25-11-14-4-3-5-17(10-14)33-2/h3-10,12H,11,13H2,1-2H3,(H,25,30). The molecular weight excluding hydrogens is 446 g/mol. The first-order chi connectivity index (χ1) is 15.9. The number of methoxy groups -OCH3 is 1.